The first-order valence-electron chi connectivity index (χ1n) is 19.0. The highest BCUT2D eigenvalue weighted by Crippen LogP contribution is 2.38. The Morgan fingerprint density at radius 2 is 0.957 bits per heavy atom. The summed E-state index contributed by atoms with van der Waals surface area (Å²) in [6.07, 6.45) is 28.6. The lowest BCUT2D eigenvalue weighted by Gasteiger charge is -2.25. The van der Waals surface area contributed by atoms with Crippen LogP contribution in [0.2, 0.25) is 0 Å². The van der Waals surface area contributed by atoms with Crippen molar-refractivity contribution in [1.82, 2.24) is 0 Å². The van der Waals surface area contributed by atoms with Gasteiger partial charge >= 0.3 is 11.9 Å². The van der Waals surface area contributed by atoms with E-state index in [0.717, 1.165) is 32.1 Å². The van der Waals surface area contributed by atoms with Gasteiger partial charge in [0.2, 0.25) is 0 Å². The molecule has 0 saturated heterocycles. The molecule has 0 aliphatic rings. The summed E-state index contributed by atoms with van der Waals surface area (Å²) in [7, 11) is -4.60. The van der Waals surface area contributed by atoms with E-state index in [1.807, 2.05) is 0 Å². The van der Waals surface area contributed by atoms with E-state index in [2.05, 4.69) is 13.8 Å². The van der Waals surface area contributed by atoms with Crippen molar-refractivity contribution in [3.8, 4) is 0 Å². The van der Waals surface area contributed by atoms with Crippen molar-refractivity contribution < 1.29 is 37.6 Å². The molecule has 0 fully saturated rings. The molecule has 1 unspecified atom stereocenters. The van der Waals surface area contributed by atoms with Gasteiger partial charge in [-0.1, -0.05) is 155 Å². The van der Waals surface area contributed by atoms with Crippen LogP contribution in [0.5, 0.6) is 0 Å². The number of phosphoric ester groups is 1. The number of hydrogen-bond donors (Lipinski definition) is 1. The molecular weight excluding hydrogens is 605 g/mol. The Hall–Kier alpha value is -0.990. The van der Waals surface area contributed by atoms with Crippen molar-refractivity contribution in [3.63, 3.8) is 0 Å². The maximum absolute atomic E-state index is 12.5. The molecule has 2 atom stereocenters. The molecule has 0 amide bonds. The summed E-state index contributed by atoms with van der Waals surface area (Å²) >= 11 is 0. The minimum Gasteiger partial charge on any atom is -0.756 e. The third kappa shape index (κ3) is 32.9. The Bertz CT molecular complexity index is 739. The highest BCUT2D eigenvalue weighted by Gasteiger charge is 2.21. The van der Waals surface area contributed by atoms with Crippen LogP contribution in [-0.4, -0.2) is 44.4 Å². The van der Waals surface area contributed by atoms with Gasteiger partial charge in [0.1, 0.15) is 6.61 Å². The number of unbranched alkanes of at least 4 members (excludes halogenated alkanes) is 22. The molecule has 10 heteroatoms. The van der Waals surface area contributed by atoms with Crippen LogP contribution in [0, 0.1) is 0 Å². The van der Waals surface area contributed by atoms with E-state index >= 15 is 0 Å². The number of phosphoric acid groups is 1. The van der Waals surface area contributed by atoms with Gasteiger partial charge in [-0.05, 0) is 25.8 Å². The molecular formula is C36H71NO8P-. The van der Waals surface area contributed by atoms with Crippen LogP contribution in [-0.2, 0) is 32.7 Å². The fraction of sp³-hybridized carbons (Fsp3) is 0.944. The lowest BCUT2D eigenvalue weighted by molar-refractivity contribution is -0.228. The third-order valence-electron chi connectivity index (χ3n) is 8.21. The molecule has 274 valence electrons. The Balaban J connectivity index is 4.27. The molecule has 46 heavy (non-hydrogen) atoms. The Labute approximate surface area is 282 Å². The number of ether oxygens (including phenoxy) is 2. The quantitative estimate of drug-likeness (QED) is 0.0391. The van der Waals surface area contributed by atoms with Gasteiger partial charge in [-0.2, -0.15) is 0 Å². The predicted molar refractivity (Wildman–Crippen MR) is 185 cm³/mol. The number of nitrogens with two attached hydrogens (primary N) is 1. The number of hydrogen-bond acceptors (Lipinski definition) is 9. The molecule has 0 aromatic rings. The summed E-state index contributed by atoms with van der Waals surface area (Å²) < 4.78 is 32.6. The lowest BCUT2D eigenvalue weighted by Crippen LogP contribution is -2.30. The van der Waals surface area contributed by atoms with E-state index in [9.17, 15) is 19.0 Å². The fourth-order valence-corrected chi connectivity index (χ4v) is 6.09. The first-order chi connectivity index (χ1) is 22.3. The minimum atomic E-state index is -4.60. The summed E-state index contributed by atoms with van der Waals surface area (Å²) in [4.78, 5) is 36.9. The molecule has 0 saturated carbocycles. The Morgan fingerprint density at radius 1 is 0.565 bits per heavy atom. The normalized spacial score (nSPS) is 13.4. The molecule has 0 spiro atoms. The van der Waals surface area contributed by atoms with Crippen LogP contribution in [0.3, 0.4) is 0 Å². The SMILES string of the molecule is CCCCCCCCCCCCCCC(=O)OC[C@@H](COP(=O)([O-])OCCCN)OC(=O)CCCCCCCCCCCCCC. The molecule has 0 aromatic carbocycles. The molecule has 2 N–H and O–H groups in total. The average Bonchev–Trinajstić information content (AvgIpc) is 3.03. The fourth-order valence-electron chi connectivity index (χ4n) is 5.31. The number of esters is 2. The minimum absolute atomic E-state index is 0.0886. The first-order valence-corrected chi connectivity index (χ1v) is 20.5. The van der Waals surface area contributed by atoms with Gasteiger partial charge in [-0.25, -0.2) is 0 Å². The number of rotatable bonds is 36. The molecule has 0 bridgehead atoms. The monoisotopic (exact) mass is 676 g/mol. The van der Waals surface area contributed by atoms with Crippen LogP contribution >= 0.6 is 7.82 Å². The van der Waals surface area contributed by atoms with Gasteiger partial charge in [0, 0.05) is 12.8 Å². The molecule has 0 rings (SSSR count). The highest BCUT2D eigenvalue weighted by molar-refractivity contribution is 7.45. The van der Waals surface area contributed by atoms with Gasteiger partial charge in [0.05, 0.1) is 13.2 Å². The Kier molecular flexibility index (Phi) is 33.2. The van der Waals surface area contributed by atoms with E-state index < -0.39 is 32.5 Å². The lowest BCUT2D eigenvalue weighted by atomic mass is 10.0. The molecule has 0 aliphatic carbocycles. The molecule has 0 aromatic heterocycles. The summed E-state index contributed by atoms with van der Waals surface area (Å²) in [6, 6.07) is 0. The van der Waals surface area contributed by atoms with Crippen molar-refractivity contribution >= 4 is 19.8 Å². The van der Waals surface area contributed by atoms with Gasteiger partial charge in [-0.3, -0.25) is 14.2 Å². The zero-order valence-electron chi connectivity index (χ0n) is 29.8. The predicted octanol–water partition coefficient (Wildman–Crippen LogP) is 9.47. The second-order valence-electron chi connectivity index (χ2n) is 12.8. The van der Waals surface area contributed by atoms with Gasteiger partial charge < -0.3 is 29.1 Å². The van der Waals surface area contributed by atoms with Crippen LogP contribution in [0.1, 0.15) is 187 Å². The zero-order valence-corrected chi connectivity index (χ0v) is 30.7. The number of carbonyl (C=O) groups is 2. The van der Waals surface area contributed by atoms with Crippen LogP contribution < -0.4 is 10.6 Å². The summed E-state index contributed by atoms with van der Waals surface area (Å²) in [5, 5.41) is 0. The standard InChI is InChI=1S/C36H72NO8P/c1-3-5-7-9-11-13-15-17-19-21-23-25-28-35(38)42-32-34(33-44-46(40,41)43-31-27-30-37)45-36(39)29-26-24-22-20-18-16-14-12-10-8-6-4-2/h34H,3-33,37H2,1-2H3,(H,40,41)/p-1/t34-/m0/s1. The smallest absolute Gasteiger partial charge is 0.306 e. The maximum atomic E-state index is 12.5. The Morgan fingerprint density at radius 3 is 1.37 bits per heavy atom. The van der Waals surface area contributed by atoms with Crippen LogP contribution in [0.15, 0.2) is 0 Å². The van der Waals surface area contributed by atoms with Crippen LogP contribution in [0.25, 0.3) is 0 Å². The largest absolute Gasteiger partial charge is 0.756 e. The van der Waals surface area contributed by atoms with E-state index in [4.69, 9.17) is 24.3 Å². The van der Waals surface area contributed by atoms with Gasteiger partial charge in [-0.15, -0.1) is 0 Å². The topological polar surface area (TPSA) is 137 Å². The van der Waals surface area contributed by atoms with Crippen molar-refractivity contribution in [2.75, 3.05) is 26.4 Å². The van der Waals surface area contributed by atoms with E-state index in [1.54, 1.807) is 0 Å². The molecule has 0 radical (unpaired) electrons. The summed E-state index contributed by atoms with van der Waals surface area (Å²) in [6.45, 7) is 3.94. The average molecular weight is 677 g/mol. The van der Waals surface area contributed by atoms with Gasteiger partial charge in [0.25, 0.3) is 7.82 Å². The molecule has 9 nitrogen and oxygen atoms in total. The summed E-state index contributed by atoms with van der Waals surface area (Å²) in [5.41, 5.74) is 5.38. The maximum Gasteiger partial charge on any atom is 0.306 e. The van der Waals surface area contributed by atoms with E-state index in [-0.39, 0.29) is 32.6 Å². The van der Waals surface area contributed by atoms with E-state index in [1.165, 1.54) is 116 Å². The highest BCUT2D eigenvalue weighted by atomic mass is 31.2. The molecule has 0 aliphatic heterocycles. The van der Waals surface area contributed by atoms with Gasteiger partial charge in [0.15, 0.2) is 6.10 Å². The van der Waals surface area contributed by atoms with Crippen molar-refractivity contribution in [3.05, 3.63) is 0 Å². The second kappa shape index (κ2) is 33.9. The van der Waals surface area contributed by atoms with Crippen molar-refractivity contribution in [1.29, 1.82) is 0 Å². The van der Waals surface area contributed by atoms with Crippen molar-refractivity contribution in [2.24, 2.45) is 5.73 Å². The van der Waals surface area contributed by atoms with Crippen LogP contribution in [0.4, 0.5) is 0 Å². The summed E-state index contributed by atoms with van der Waals surface area (Å²) in [5.74, 6) is -0.846. The first kappa shape index (κ1) is 45.0. The zero-order chi connectivity index (χ0) is 34.0. The second-order valence-corrected chi connectivity index (χ2v) is 14.2. The van der Waals surface area contributed by atoms with Crippen molar-refractivity contribution in [2.45, 2.75) is 193 Å². The molecule has 0 heterocycles. The third-order valence-corrected chi connectivity index (χ3v) is 9.18. The van der Waals surface area contributed by atoms with E-state index in [0.29, 0.717) is 12.8 Å². The number of carbonyl (C=O) groups excluding carboxylic acids is 2.